The lowest BCUT2D eigenvalue weighted by Crippen LogP contribution is -2.10. The molecule has 0 radical (unpaired) electrons. The van der Waals surface area contributed by atoms with E-state index in [0.717, 1.165) is 12.3 Å². The maximum Gasteiger partial charge on any atom is 0.339 e. The molecule has 0 spiro atoms. The second-order valence-electron chi connectivity index (χ2n) is 3.46. The van der Waals surface area contributed by atoms with Gasteiger partial charge >= 0.3 is 5.97 Å². The van der Waals surface area contributed by atoms with Crippen LogP contribution in [0.1, 0.15) is 16.8 Å². The van der Waals surface area contributed by atoms with E-state index in [1.165, 1.54) is 6.07 Å². The highest BCUT2D eigenvalue weighted by Gasteiger charge is 2.07. The summed E-state index contributed by atoms with van der Waals surface area (Å²) in [6.07, 6.45) is 1.75. The van der Waals surface area contributed by atoms with Crippen LogP contribution in [0.2, 0.25) is 0 Å². The maximum atomic E-state index is 12.5. The van der Waals surface area contributed by atoms with Gasteiger partial charge in [-0.2, -0.15) is 4.39 Å². The highest BCUT2D eigenvalue weighted by molar-refractivity contribution is 5.88. The number of carbonyl (C=O) groups excluding carboxylic acids is 1. The van der Waals surface area contributed by atoms with Crippen molar-refractivity contribution in [1.29, 1.82) is 0 Å². The first-order valence-electron chi connectivity index (χ1n) is 5.59. The quantitative estimate of drug-likeness (QED) is 0.400. The minimum atomic E-state index is -0.627. The third kappa shape index (κ3) is 5.70. The molecule has 0 atom stereocenters. The molecule has 0 aromatic carbocycles. The average molecular weight is 257 g/mol. The summed E-state index contributed by atoms with van der Waals surface area (Å²) >= 11 is 0. The summed E-state index contributed by atoms with van der Waals surface area (Å²) in [5.74, 6) is -1.14. The van der Waals surface area contributed by atoms with Gasteiger partial charge in [0, 0.05) is 26.3 Å². The Balaban J connectivity index is 2.12. The van der Waals surface area contributed by atoms with Gasteiger partial charge < -0.3 is 14.2 Å². The molecular formula is C12H16FNO4. The molecule has 0 unspecified atom stereocenters. The highest BCUT2D eigenvalue weighted by Crippen LogP contribution is 2.01. The molecule has 100 valence electrons. The Labute approximate surface area is 105 Å². The summed E-state index contributed by atoms with van der Waals surface area (Å²) in [5, 5.41) is 0. The first-order chi connectivity index (χ1) is 8.74. The number of aromatic nitrogens is 1. The van der Waals surface area contributed by atoms with Crippen molar-refractivity contribution in [3.05, 3.63) is 29.8 Å². The maximum absolute atomic E-state index is 12.5. The molecule has 0 fully saturated rings. The van der Waals surface area contributed by atoms with Crippen molar-refractivity contribution >= 4 is 5.97 Å². The van der Waals surface area contributed by atoms with Crippen molar-refractivity contribution in [3.63, 3.8) is 0 Å². The molecule has 0 aliphatic rings. The monoisotopic (exact) mass is 257 g/mol. The van der Waals surface area contributed by atoms with Crippen LogP contribution in [0.5, 0.6) is 0 Å². The van der Waals surface area contributed by atoms with Crippen molar-refractivity contribution in [3.8, 4) is 0 Å². The largest absolute Gasteiger partial charge is 0.462 e. The third-order valence-corrected chi connectivity index (χ3v) is 2.06. The lowest BCUT2D eigenvalue weighted by Gasteiger charge is -2.05. The SMILES string of the molecule is COCCOCCCOC(=O)c1ccc(F)nc1. The summed E-state index contributed by atoms with van der Waals surface area (Å²) in [6, 6.07) is 2.45. The molecule has 0 bridgehead atoms. The van der Waals surface area contributed by atoms with Crippen LogP contribution in [0.15, 0.2) is 18.3 Å². The molecule has 5 nitrogen and oxygen atoms in total. The van der Waals surface area contributed by atoms with Gasteiger partial charge in [0.2, 0.25) is 5.95 Å². The normalized spacial score (nSPS) is 10.3. The van der Waals surface area contributed by atoms with Gasteiger partial charge in [-0.05, 0) is 12.1 Å². The van der Waals surface area contributed by atoms with Gasteiger partial charge in [-0.25, -0.2) is 9.78 Å². The summed E-state index contributed by atoms with van der Waals surface area (Å²) in [7, 11) is 1.60. The van der Waals surface area contributed by atoms with Gasteiger partial charge in [-0.1, -0.05) is 0 Å². The molecule has 0 aliphatic carbocycles. The van der Waals surface area contributed by atoms with Crippen LogP contribution in [0.4, 0.5) is 4.39 Å². The lowest BCUT2D eigenvalue weighted by atomic mass is 10.3. The van der Waals surface area contributed by atoms with E-state index in [1.807, 2.05) is 0 Å². The van der Waals surface area contributed by atoms with E-state index in [1.54, 1.807) is 7.11 Å². The molecule has 1 aromatic heterocycles. The van der Waals surface area contributed by atoms with Crippen LogP contribution in [0.3, 0.4) is 0 Å². The van der Waals surface area contributed by atoms with Gasteiger partial charge in [0.05, 0.1) is 25.4 Å². The van der Waals surface area contributed by atoms with E-state index in [9.17, 15) is 9.18 Å². The predicted octanol–water partition coefficient (Wildman–Crippen LogP) is 1.43. The predicted molar refractivity (Wildman–Crippen MR) is 61.8 cm³/mol. The molecule has 1 rings (SSSR count). The first-order valence-corrected chi connectivity index (χ1v) is 5.59. The van der Waals surface area contributed by atoms with E-state index in [-0.39, 0.29) is 12.2 Å². The average Bonchev–Trinajstić information content (AvgIpc) is 2.38. The molecule has 0 saturated carbocycles. The number of hydrogen-bond acceptors (Lipinski definition) is 5. The molecule has 0 saturated heterocycles. The first kappa shape index (κ1) is 14.5. The Hall–Kier alpha value is -1.53. The number of ether oxygens (including phenoxy) is 3. The smallest absolute Gasteiger partial charge is 0.339 e. The summed E-state index contributed by atoms with van der Waals surface area (Å²) in [6.45, 7) is 1.81. The van der Waals surface area contributed by atoms with E-state index < -0.39 is 11.9 Å². The van der Waals surface area contributed by atoms with E-state index >= 15 is 0 Å². The Bertz CT molecular complexity index is 356. The van der Waals surface area contributed by atoms with Gasteiger partial charge in [0.15, 0.2) is 0 Å². The second-order valence-corrected chi connectivity index (χ2v) is 3.46. The number of esters is 1. The van der Waals surface area contributed by atoms with E-state index in [2.05, 4.69) is 4.98 Å². The molecule has 18 heavy (non-hydrogen) atoms. The van der Waals surface area contributed by atoms with Crippen molar-refractivity contribution in [2.75, 3.05) is 33.5 Å². The minimum Gasteiger partial charge on any atom is -0.462 e. The van der Waals surface area contributed by atoms with Crippen LogP contribution in [0.25, 0.3) is 0 Å². The number of methoxy groups -OCH3 is 1. The van der Waals surface area contributed by atoms with E-state index in [4.69, 9.17) is 14.2 Å². The standard InChI is InChI=1S/C12H16FNO4/c1-16-7-8-17-5-2-6-18-12(15)10-3-4-11(13)14-9-10/h3-4,9H,2,5-8H2,1H3. The molecular weight excluding hydrogens is 241 g/mol. The molecule has 1 heterocycles. The Morgan fingerprint density at radius 1 is 1.28 bits per heavy atom. The zero-order chi connectivity index (χ0) is 13.2. The van der Waals surface area contributed by atoms with Crippen LogP contribution in [0, 0.1) is 5.95 Å². The van der Waals surface area contributed by atoms with Crippen molar-refractivity contribution < 1.29 is 23.4 Å². The molecule has 0 aliphatic heterocycles. The zero-order valence-electron chi connectivity index (χ0n) is 10.2. The Kier molecular flexibility index (Phi) is 6.90. The van der Waals surface area contributed by atoms with Crippen LogP contribution >= 0.6 is 0 Å². The van der Waals surface area contributed by atoms with Gasteiger partial charge in [-0.3, -0.25) is 0 Å². The highest BCUT2D eigenvalue weighted by atomic mass is 19.1. The van der Waals surface area contributed by atoms with Gasteiger partial charge in [0.25, 0.3) is 0 Å². The minimum absolute atomic E-state index is 0.233. The number of carbonyl (C=O) groups is 1. The number of rotatable bonds is 8. The number of nitrogens with zero attached hydrogens (tertiary/aromatic N) is 1. The van der Waals surface area contributed by atoms with Gasteiger partial charge in [0.1, 0.15) is 0 Å². The summed E-state index contributed by atoms with van der Waals surface area (Å²) < 4.78 is 27.5. The van der Waals surface area contributed by atoms with Crippen molar-refractivity contribution in [1.82, 2.24) is 4.98 Å². The fourth-order valence-corrected chi connectivity index (χ4v) is 1.15. The van der Waals surface area contributed by atoms with Crippen molar-refractivity contribution in [2.24, 2.45) is 0 Å². The number of halogens is 1. The fourth-order valence-electron chi connectivity index (χ4n) is 1.15. The second kappa shape index (κ2) is 8.54. The third-order valence-electron chi connectivity index (χ3n) is 2.06. The Morgan fingerprint density at radius 3 is 2.78 bits per heavy atom. The topological polar surface area (TPSA) is 57.7 Å². The van der Waals surface area contributed by atoms with E-state index in [0.29, 0.717) is 26.2 Å². The Morgan fingerprint density at radius 2 is 2.11 bits per heavy atom. The molecule has 1 aromatic rings. The summed E-state index contributed by atoms with van der Waals surface area (Å²) in [4.78, 5) is 14.8. The van der Waals surface area contributed by atoms with Crippen LogP contribution in [-0.2, 0) is 14.2 Å². The fraction of sp³-hybridized carbons (Fsp3) is 0.500. The molecule has 6 heteroatoms. The summed E-state index contributed by atoms with van der Waals surface area (Å²) in [5.41, 5.74) is 0.233. The van der Waals surface area contributed by atoms with Crippen LogP contribution in [-0.4, -0.2) is 44.5 Å². The van der Waals surface area contributed by atoms with Crippen molar-refractivity contribution in [2.45, 2.75) is 6.42 Å². The zero-order valence-corrected chi connectivity index (χ0v) is 10.2. The molecule has 0 N–H and O–H groups in total. The number of hydrogen-bond donors (Lipinski definition) is 0. The number of pyridine rings is 1. The van der Waals surface area contributed by atoms with Crippen LogP contribution < -0.4 is 0 Å². The van der Waals surface area contributed by atoms with Gasteiger partial charge in [-0.15, -0.1) is 0 Å². The lowest BCUT2D eigenvalue weighted by molar-refractivity contribution is 0.0385. The molecule has 0 amide bonds.